The lowest BCUT2D eigenvalue weighted by atomic mass is 9.92. The third-order valence-corrected chi connectivity index (χ3v) is 6.36. The topological polar surface area (TPSA) is 0 Å². The maximum atomic E-state index is 14.9. The Hall–Kier alpha value is -3.52. The Balaban J connectivity index is 1.49. The molecule has 0 N–H and O–H groups in total. The summed E-state index contributed by atoms with van der Waals surface area (Å²) in [6.07, 6.45) is 6.65. The highest BCUT2D eigenvalue weighted by molar-refractivity contribution is 5.70. The van der Waals surface area contributed by atoms with E-state index in [1.54, 1.807) is 0 Å². The summed E-state index contributed by atoms with van der Waals surface area (Å²) < 4.78 is 29.8. The Bertz CT molecular complexity index is 1210. The van der Waals surface area contributed by atoms with Crippen LogP contribution in [0.25, 0.3) is 22.3 Å². The summed E-state index contributed by atoms with van der Waals surface area (Å²) in [6.45, 7) is 4.03. The number of rotatable bonds is 8. The average Bonchev–Trinajstić information content (AvgIpc) is 2.87. The van der Waals surface area contributed by atoms with Gasteiger partial charge in [0.1, 0.15) is 11.6 Å². The summed E-state index contributed by atoms with van der Waals surface area (Å²) in [6, 6.07) is 29.2. The molecule has 4 aromatic rings. The molecule has 0 aliphatic heterocycles. The van der Waals surface area contributed by atoms with Crippen LogP contribution in [0.5, 0.6) is 0 Å². The molecule has 0 amide bonds. The first-order valence-electron chi connectivity index (χ1n) is 11.9. The lowest BCUT2D eigenvalue weighted by molar-refractivity contribution is 0.544. The largest absolute Gasteiger partial charge is 0.207 e. The summed E-state index contributed by atoms with van der Waals surface area (Å²) in [4.78, 5) is 0. The van der Waals surface area contributed by atoms with Crippen molar-refractivity contribution in [1.29, 1.82) is 0 Å². The molecule has 1 atom stereocenters. The molecule has 0 saturated carbocycles. The SMILES string of the molecule is CC=CCCc1ccc(-c2ccc(-c3cc(F)c(C[C@@H](C)c4ccccc4)c(F)c3)cc2)cc1. The van der Waals surface area contributed by atoms with Crippen molar-refractivity contribution in [2.75, 3.05) is 0 Å². The van der Waals surface area contributed by atoms with Crippen LogP contribution < -0.4 is 0 Å². The first-order chi connectivity index (χ1) is 16.5. The fraction of sp³-hybridized carbons (Fsp3) is 0.188. The molecule has 34 heavy (non-hydrogen) atoms. The summed E-state index contributed by atoms with van der Waals surface area (Å²) in [5.41, 5.74) is 6.09. The number of benzene rings is 4. The van der Waals surface area contributed by atoms with Gasteiger partial charge in [0.25, 0.3) is 0 Å². The molecule has 0 radical (unpaired) electrons. The van der Waals surface area contributed by atoms with E-state index in [2.05, 4.69) is 36.4 Å². The van der Waals surface area contributed by atoms with Crippen LogP contribution >= 0.6 is 0 Å². The van der Waals surface area contributed by atoms with E-state index in [1.165, 1.54) is 17.7 Å². The molecule has 0 spiro atoms. The van der Waals surface area contributed by atoms with E-state index in [9.17, 15) is 8.78 Å². The number of hydrogen-bond donors (Lipinski definition) is 0. The second-order valence-electron chi connectivity index (χ2n) is 8.82. The smallest absolute Gasteiger partial charge is 0.129 e. The highest BCUT2D eigenvalue weighted by Gasteiger charge is 2.16. The van der Waals surface area contributed by atoms with Gasteiger partial charge in [0, 0.05) is 5.56 Å². The van der Waals surface area contributed by atoms with Gasteiger partial charge in [-0.25, -0.2) is 8.78 Å². The Morgan fingerprint density at radius 3 is 1.79 bits per heavy atom. The molecule has 172 valence electrons. The van der Waals surface area contributed by atoms with E-state index >= 15 is 0 Å². The Morgan fingerprint density at radius 2 is 1.24 bits per heavy atom. The van der Waals surface area contributed by atoms with Crippen molar-refractivity contribution in [3.05, 3.63) is 131 Å². The highest BCUT2D eigenvalue weighted by Crippen LogP contribution is 2.30. The Kier molecular flexibility index (Phi) is 7.69. The maximum absolute atomic E-state index is 14.9. The van der Waals surface area contributed by atoms with Gasteiger partial charge in [-0.2, -0.15) is 0 Å². The van der Waals surface area contributed by atoms with Gasteiger partial charge in [0.05, 0.1) is 0 Å². The van der Waals surface area contributed by atoms with Crippen LogP contribution in [0.3, 0.4) is 0 Å². The molecular weight excluding hydrogens is 422 g/mol. The molecule has 0 aliphatic rings. The van der Waals surface area contributed by atoms with Crippen molar-refractivity contribution in [3.8, 4) is 22.3 Å². The van der Waals surface area contributed by atoms with Crippen LogP contribution in [0.2, 0.25) is 0 Å². The predicted molar refractivity (Wildman–Crippen MR) is 139 cm³/mol. The van der Waals surface area contributed by atoms with Gasteiger partial charge in [0.15, 0.2) is 0 Å². The molecular formula is C32H30F2. The number of allylic oxidation sites excluding steroid dienone is 2. The highest BCUT2D eigenvalue weighted by atomic mass is 19.1. The molecule has 4 rings (SSSR count). The monoisotopic (exact) mass is 452 g/mol. The predicted octanol–water partition coefficient (Wildman–Crippen LogP) is 9.15. The summed E-state index contributed by atoms with van der Waals surface area (Å²) in [7, 11) is 0. The quantitative estimate of drug-likeness (QED) is 0.234. The molecule has 0 fully saturated rings. The van der Waals surface area contributed by atoms with Crippen LogP contribution in [0, 0.1) is 11.6 Å². The zero-order valence-electron chi connectivity index (χ0n) is 19.8. The normalized spacial score (nSPS) is 12.2. The second-order valence-corrected chi connectivity index (χ2v) is 8.82. The minimum atomic E-state index is -0.490. The van der Waals surface area contributed by atoms with Crippen LogP contribution in [0.1, 0.15) is 42.9 Å². The van der Waals surface area contributed by atoms with Gasteiger partial charge in [-0.1, -0.05) is 97.9 Å². The van der Waals surface area contributed by atoms with Gasteiger partial charge in [-0.15, -0.1) is 0 Å². The van der Waals surface area contributed by atoms with Crippen molar-refractivity contribution in [3.63, 3.8) is 0 Å². The molecule has 2 heteroatoms. The lowest BCUT2D eigenvalue weighted by Gasteiger charge is -2.14. The number of halogens is 2. The van der Waals surface area contributed by atoms with E-state index in [-0.39, 0.29) is 11.5 Å². The number of hydrogen-bond acceptors (Lipinski definition) is 0. The molecule has 4 aromatic carbocycles. The third kappa shape index (κ3) is 5.69. The molecule has 0 aromatic heterocycles. The fourth-order valence-electron chi connectivity index (χ4n) is 4.31. The second kappa shape index (κ2) is 11.1. The summed E-state index contributed by atoms with van der Waals surface area (Å²) >= 11 is 0. The van der Waals surface area contributed by atoms with Gasteiger partial charge in [-0.05, 0) is 77.6 Å². The minimum Gasteiger partial charge on any atom is -0.207 e. The lowest BCUT2D eigenvalue weighted by Crippen LogP contribution is -2.04. The van der Waals surface area contributed by atoms with Crippen molar-refractivity contribution in [1.82, 2.24) is 0 Å². The summed E-state index contributed by atoms with van der Waals surface area (Å²) in [5, 5.41) is 0. The van der Waals surface area contributed by atoms with Crippen LogP contribution in [0.15, 0.2) is 103 Å². The molecule has 0 nitrogen and oxygen atoms in total. The van der Waals surface area contributed by atoms with Crippen LogP contribution in [0.4, 0.5) is 8.78 Å². The van der Waals surface area contributed by atoms with Crippen molar-refractivity contribution in [2.24, 2.45) is 0 Å². The van der Waals surface area contributed by atoms with Gasteiger partial charge >= 0.3 is 0 Å². The molecule has 0 aliphatic carbocycles. The minimum absolute atomic E-state index is 0.0323. The maximum Gasteiger partial charge on any atom is 0.129 e. The molecule has 0 bridgehead atoms. The van der Waals surface area contributed by atoms with Crippen molar-refractivity contribution < 1.29 is 8.78 Å². The van der Waals surface area contributed by atoms with Gasteiger partial charge < -0.3 is 0 Å². The van der Waals surface area contributed by atoms with Crippen LogP contribution in [-0.2, 0) is 12.8 Å². The van der Waals surface area contributed by atoms with E-state index in [0.717, 1.165) is 35.1 Å². The first kappa shape index (κ1) is 23.6. The first-order valence-corrected chi connectivity index (χ1v) is 11.9. The fourth-order valence-corrected chi connectivity index (χ4v) is 4.31. The van der Waals surface area contributed by atoms with E-state index in [1.807, 2.05) is 68.4 Å². The molecule has 0 heterocycles. The van der Waals surface area contributed by atoms with E-state index in [0.29, 0.717) is 12.0 Å². The standard InChI is InChI=1S/C32H30F2/c1-3-4-6-9-24-12-14-26(15-13-24)27-16-18-28(19-17-27)29-21-31(33)30(32(34)22-29)20-23(2)25-10-7-5-8-11-25/h3-5,7-8,10-19,21-23H,6,9,20H2,1-2H3/t23-/m1/s1. The molecule has 0 saturated heterocycles. The van der Waals surface area contributed by atoms with Crippen LogP contribution in [-0.4, -0.2) is 0 Å². The zero-order valence-corrected chi connectivity index (χ0v) is 19.8. The van der Waals surface area contributed by atoms with E-state index < -0.39 is 11.6 Å². The molecule has 0 unspecified atom stereocenters. The Labute approximate surface area is 201 Å². The zero-order chi connectivity index (χ0) is 23.9. The summed E-state index contributed by atoms with van der Waals surface area (Å²) in [5.74, 6) is -0.949. The van der Waals surface area contributed by atoms with Gasteiger partial charge in [-0.3, -0.25) is 0 Å². The average molecular weight is 453 g/mol. The van der Waals surface area contributed by atoms with Crippen molar-refractivity contribution >= 4 is 0 Å². The van der Waals surface area contributed by atoms with Gasteiger partial charge in [0.2, 0.25) is 0 Å². The number of aryl methyl sites for hydroxylation is 1. The third-order valence-electron chi connectivity index (χ3n) is 6.36. The van der Waals surface area contributed by atoms with E-state index in [4.69, 9.17) is 0 Å². The van der Waals surface area contributed by atoms with Crippen molar-refractivity contribution in [2.45, 2.75) is 39.0 Å². The Morgan fingerprint density at radius 1 is 0.706 bits per heavy atom.